The van der Waals surface area contributed by atoms with Gasteiger partial charge >= 0.3 is 0 Å². The fourth-order valence-corrected chi connectivity index (χ4v) is 2.58. The second-order valence-electron chi connectivity index (χ2n) is 5.19. The van der Waals surface area contributed by atoms with Gasteiger partial charge in [-0.15, -0.1) is 0 Å². The molecule has 0 aromatic carbocycles. The minimum atomic E-state index is 0.465. The standard InChI is InChI=1S/C12H25N/c1-9(2)11-8-7-10(3)5-4-6-12(11)13/h9-12H,4-8,13H2,1-3H3. The van der Waals surface area contributed by atoms with E-state index in [2.05, 4.69) is 20.8 Å². The van der Waals surface area contributed by atoms with E-state index < -0.39 is 0 Å². The van der Waals surface area contributed by atoms with Crippen molar-refractivity contribution >= 4 is 0 Å². The Bertz CT molecular complexity index is 142. The molecular formula is C12H25N. The van der Waals surface area contributed by atoms with Gasteiger partial charge in [0.25, 0.3) is 0 Å². The predicted molar refractivity (Wildman–Crippen MR) is 58.6 cm³/mol. The van der Waals surface area contributed by atoms with Gasteiger partial charge in [-0.2, -0.15) is 0 Å². The highest BCUT2D eigenvalue weighted by Gasteiger charge is 2.23. The van der Waals surface area contributed by atoms with Crippen molar-refractivity contribution in [3.63, 3.8) is 0 Å². The molecule has 3 unspecified atom stereocenters. The summed E-state index contributed by atoms with van der Waals surface area (Å²) in [6, 6.07) is 0.465. The van der Waals surface area contributed by atoms with E-state index >= 15 is 0 Å². The SMILES string of the molecule is CC1CCCC(N)C(C(C)C)CC1. The summed E-state index contributed by atoms with van der Waals surface area (Å²) in [7, 11) is 0. The first-order valence-corrected chi connectivity index (χ1v) is 5.87. The average Bonchev–Trinajstić information content (AvgIpc) is 2.01. The first kappa shape index (κ1) is 11.0. The summed E-state index contributed by atoms with van der Waals surface area (Å²) in [4.78, 5) is 0. The van der Waals surface area contributed by atoms with E-state index in [1.807, 2.05) is 0 Å². The second kappa shape index (κ2) is 4.99. The topological polar surface area (TPSA) is 26.0 Å². The van der Waals surface area contributed by atoms with Crippen LogP contribution in [0.5, 0.6) is 0 Å². The predicted octanol–water partition coefficient (Wildman–Crippen LogP) is 3.19. The van der Waals surface area contributed by atoms with Gasteiger partial charge in [0.05, 0.1) is 0 Å². The second-order valence-corrected chi connectivity index (χ2v) is 5.19. The molecule has 1 fully saturated rings. The van der Waals surface area contributed by atoms with Gasteiger partial charge in [-0.1, -0.05) is 40.0 Å². The highest BCUT2D eigenvalue weighted by atomic mass is 14.7. The van der Waals surface area contributed by atoms with Gasteiger partial charge in [0.2, 0.25) is 0 Å². The Morgan fingerprint density at radius 1 is 1.08 bits per heavy atom. The molecule has 1 aliphatic carbocycles. The molecule has 0 aliphatic heterocycles. The largest absolute Gasteiger partial charge is 0.327 e. The van der Waals surface area contributed by atoms with Crippen molar-refractivity contribution < 1.29 is 0 Å². The number of nitrogens with two attached hydrogens (primary N) is 1. The van der Waals surface area contributed by atoms with Crippen LogP contribution in [-0.2, 0) is 0 Å². The lowest BCUT2D eigenvalue weighted by molar-refractivity contribution is 0.236. The summed E-state index contributed by atoms with van der Waals surface area (Å²) in [5, 5.41) is 0. The van der Waals surface area contributed by atoms with Gasteiger partial charge in [0.15, 0.2) is 0 Å². The Balaban J connectivity index is 2.48. The normalized spacial score (nSPS) is 37.2. The lowest BCUT2D eigenvalue weighted by atomic mass is 9.78. The number of rotatable bonds is 1. The maximum atomic E-state index is 6.19. The smallest absolute Gasteiger partial charge is 0.00696 e. The van der Waals surface area contributed by atoms with Crippen LogP contribution in [0.4, 0.5) is 0 Å². The van der Waals surface area contributed by atoms with Gasteiger partial charge in [-0.25, -0.2) is 0 Å². The van der Waals surface area contributed by atoms with Crippen molar-refractivity contribution in [1.29, 1.82) is 0 Å². The van der Waals surface area contributed by atoms with E-state index in [-0.39, 0.29) is 0 Å². The van der Waals surface area contributed by atoms with E-state index in [0.29, 0.717) is 6.04 Å². The van der Waals surface area contributed by atoms with Crippen LogP contribution in [0.25, 0.3) is 0 Å². The maximum Gasteiger partial charge on any atom is 0.00696 e. The summed E-state index contributed by atoms with van der Waals surface area (Å²) < 4.78 is 0. The molecule has 0 amide bonds. The molecule has 2 N–H and O–H groups in total. The highest BCUT2D eigenvalue weighted by molar-refractivity contribution is 4.78. The van der Waals surface area contributed by atoms with Gasteiger partial charge in [0, 0.05) is 6.04 Å². The summed E-state index contributed by atoms with van der Waals surface area (Å²) in [6.45, 7) is 7.02. The lowest BCUT2D eigenvalue weighted by Crippen LogP contribution is -2.34. The molecule has 0 spiro atoms. The molecule has 1 aliphatic rings. The van der Waals surface area contributed by atoms with Crippen LogP contribution in [0.1, 0.15) is 52.9 Å². The average molecular weight is 183 g/mol. The molecule has 0 saturated heterocycles. The van der Waals surface area contributed by atoms with Crippen molar-refractivity contribution in [3.05, 3.63) is 0 Å². The molecule has 0 aromatic rings. The van der Waals surface area contributed by atoms with E-state index in [0.717, 1.165) is 17.8 Å². The fraction of sp³-hybridized carbons (Fsp3) is 1.00. The highest BCUT2D eigenvalue weighted by Crippen LogP contribution is 2.29. The summed E-state index contributed by atoms with van der Waals surface area (Å²) in [5.74, 6) is 2.46. The minimum Gasteiger partial charge on any atom is -0.327 e. The zero-order valence-corrected chi connectivity index (χ0v) is 9.42. The Kier molecular flexibility index (Phi) is 4.24. The Hall–Kier alpha value is -0.0400. The van der Waals surface area contributed by atoms with E-state index in [1.54, 1.807) is 0 Å². The zero-order valence-electron chi connectivity index (χ0n) is 9.42. The quantitative estimate of drug-likeness (QED) is 0.664. The van der Waals surface area contributed by atoms with Crippen molar-refractivity contribution in [2.75, 3.05) is 0 Å². The molecule has 3 atom stereocenters. The Morgan fingerprint density at radius 3 is 2.38 bits per heavy atom. The first-order chi connectivity index (χ1) is 6.11. The van der Waals surface area contributed by atoms with Crippen molar-refractivity contribution in [2.45, 2.75) is 58.9 Å². The van der Waals surface area contributed by atoms with E-state index in [1.165, 1.54) is 32.1 Å². The molecule has 0 heterocycles. The lowest BCUT2D eigenvalue weighted by Gasteiger charge is -2.31. The van der Waals surface area contributed by atoms with Crippen LogP contribution < -0.4 is 5.73 Å². The first-order valence-electron chi connectivity index (χ1n) is 5.87. The number of hydrogen-bond acceptors (Lipinski definition) is 1. The van der Waals surface area contributed by atoms with Crippen molar-refractivity contribution in [1.82, 2.24) is 0 Å². The molecule has 1 saturated carbocycles. The third-order valence-corrected chi connectivity index (χ3v) is 3.63. The molecule has 0 aromatic heterocycles. The van der Waals surface area contributed by atoms with E-state index in [9.17, 15) is 0 Å². The third-order valence-electron chi connectivity index (χ3n) is 3.63. The van der Waals surface area contributed by atoms with Crippen LogP contribution in [0.3, 0.4) is 0 Å². The molecule has 0 radical (unpaired) electrons. The molecular weight excluding hydrogens is 158 g/mol. The molecule has 1 nitrogen and oxygen atoms in total. The van der Waals surface area contributed by atoms with Crippen LogP contribution in [0.2, 0.25) is 0 Å². The maximum absolute atomic E-state index is 6.19. The van der Waals surface area contributed by atoms with Crippen LogP contribution in [0.15, 0.2) is 0 Å². The summed E-state index contributed by atoms with van der Waals surface area (Å²) in [5.41, 5.74) is 6.19. The van der Waals surface area contributed by atoms with E-state index in [4.69, 9.17) is 5.73 Å². The van der Waals surface area contributed by atoms with Gasteiger partial charge in [-0.3, -0.25) is 0 Å². The van der Waals surface area contributed by atoms with Crippen LogP contribution in [-0.4, -0.2) is 6.04 Å². The molecule has 1 heteroatoms. The fourth-order valence-electron chi connectivity index (χ4n) is 2.58. The molecule has 0 bridgehead atoms. The number of hydrogen-bond donors (Lipinski definition) is 1. The Morgan fingerprint density at radius 2 is 1.77 bits per heavy atom. The van der Waals surface area contributed by atoms with Crippen LogP contribution in [0, 0.1) is 17.8 Å². The molecule has 13 heavy (non-hydrogen) atoms. The summed E-state index contributed by atoms with van der Waals surface area (Å²) in [6.07, 6.45) is 6.70. The van der Waals surface area contributed by atoms with Crippen molar-refractivity contribution in [3.8, 4) is 0 Å². The van der Waals surface area contributed by atoms with Crippen LogP contribution >= 0.6 is 0 Å². The van der Waals surface area contributed by atoms with Crippen molar-refractivity contribution in [2.24, 2.45) is 23.5 Å². The molecule has 78 valence electrons. The summed E-state index contributed by atoms with van der Waals surface area (Å²) >= 11 is 0. The van der Waals surface area contributed by atoms with Gasteiger partial charge in [-0.05, 0) is 30.6 Å². The van der Waals surface area contributed by atoms with Gasteiger partial charge in [0.1, 0.15) is 0 Å². The minimum absolute atomic E-state index is 0.465. The Labute approximate surface area is 83.1 Å². The molecule has 1 rings (SSSR count). The third kappa shape index (κ3) is 3.30. The van der Waals surface area contributed by atoms with Gasteiger partial charge < -0.3 is 5.73 Å². The monoisotopic (exact) mass is 183 g/mol. The zero-order chi connectivity index (χ0) is 9.84.